The fourth-order valence-electron chi connectivity index (χ4n) is 1.64. The molecule has 0 fully saturated rings. The summed E-state index contributed by atoms with van der Waals surface area (Å²) in [6.07, 6.45) is 2.79. The molecular formula is C14H14BrN3O4S. The lowest BCUT2D eigenvalue weighted by molar-refractivity contribution is -0.121. The molecule has 0 atom stereocenters. The number of benzene rings is 1. The van der Waals surface area contributed by atoms with Crippen LogP contribution in [-0.2, 0) is 14.8 Å². The molecule has 2 rings (SSSR count). The van der Waals surface area contributed by atoms with Gasteiger partial charge in [0.2, 0.25) is 10.0 Å². The van der Waals surface area contributed by atoms with Crippen LogP contribution >= 0.6 is 15.9 Å². The average Bonchev–Trinajstić information content (AvgIpc) is 3.01. The second-order valence-electron chi connectivity index (χ2n) is 4.52. The minimum Gasteiger partial charge on any atom is -0.463 e. The fourth-order valence-corrected chi connectivity index (χ4v) is 3.03. The Morgan fingerprint density at radius 3 is 2.65 bits per heavy atom. The molecule has 0 spiro atoms. The molecule has 0 saturated heterocycles. The summed E-state index contributed by atoms with van der Waals surface area (Å²) >= 11 is 3.24. The third kappa shape index (κ3) is 4.75. The van der Waals surface area contributed by atoms with E-state index < -0.39 is 15.9 Å². The molecule has 0 aliphatic rings. The molecular weight excluding hydrogens is 386 g/mol. The Kier molecular flexibility index (Phi) is 5.69. The first-order valence-electron chi connectivity index (χ1n) is 6.47. The number of hydrogen-bond acceptors (Lipinski definition) is 5. The maximum atomic E-state index is 12.3. The topological polar surface area (TPSA) is 92.0 Å². The van der Waals surface area contributed by atoms with Gasteiger partial charge in [-0.15, -0.1) is 0 Å². The lowest BCUT2D eigenvalue weighted by atomic mass is 10.4. The number of hydrazone groups is 1. The summed E-state index contributed by atoms with van der Waals surface area (Å²) in [5.74, 6) is -0.0860. The number of sulfonamides is 1. The van der Waals surface area contributed by atoms with Crippen molar-refractivity contribution < 1.29 is 17.6 Å². The lowest BCUT2D eigenvalue weighted by Gasteiger charge is -2.16. The minimum atomic E-state index is -3.74. The molecule has 1 aromatic heterocycles. The maximum Gasteiger partial charge on any atom is 0.255 e. The highest BCUT2D eigenvalue weighted by molar-refractivity contribution is 9.10. The second kappa shape index (κ2) is 7.53. The number of nitrogens with one attached hydrogen (secondary N) is 1. The molecule has 9 heteroatoms. The van der Waals surface area contributed by atoms with E-state index in [1.807, 2.05) is 0 Å². The first-order chi connectivity index (χ1) is 10.9. The molecule has 7 nitrogen and oxygen atoms in total. The third-order valence-corrected chi connectivity index (χ3v) is 5.16. The van der Waals surface area contributed by atoms with Gasteiger partial charge in [-0.1, -0.05) is 15.9 Å². The van der Waals surface area contributed by atoms with Gasteiger partial charge in [0.05, 0.1) is 23.9 Å². The number of nitrogens with zero attached hydrogens (tertiary/aromatic N) is 2. The summed E-state index contributed by atoms with van der Waals surface area (Å²) in [6, 6.07) is 9.51. The fraction of sp³-hybridized carbons (Fsp3) is 0.143. The lowest BCUT2D eigenvalue weighted by Crippen LogP contribution is -2.36. The van der Waals surface area contributed by atoms with E-state index in [2.05, 4.69) is 26.5 Å². The summed E-state index contributed by atoms with van der Waals surface area (Å²) in [6.45, 7) is -0.353. The van der Waals surface area contributed by atoms with E-state index >= 15 is 0 Å². The Bertz CT molecular complexity index is 786. The van der Waals surface area contributed by atoms with Gasteiger partial charge in [0.25, 0.3) is 5.91 Å². The summed E-state index contributed by atoms with van der Waals surface area (Å²) in [5.41, 5.74) is 2.24. The van der Waals surface area contributed by atoms with E-state index in [-0.39, 0.29) is 11.4 Å². The van der Waals surface area contributed by atoms with Gasteiger partial charge < -0.3 is 4.42 Å². The van der Waals surface area contributed by atoms with Crippen LogP contribution in [-0.4, -0.2) is 38.4 Å². The van der Waals surface area contributed by atoms with Crippen molar-refractivity contribution in [2.75, 3.05) is 13.6 Å². The Labute approximate surface area is 142 Å². The molecule has 122 valence electrons. The van der Waals surface area contributed by atoms with Gasteiger partial charge in [-0.2, -0.15) is 9.41 Å². The van der Waals surface area contributed by atoms with Crippen LogP contribution in [0.3, 0.4) is 0 Å². The highest BCUT2D eigenvalue weighted by Crippen LogP contribution is 2.17. The second-order valence-corrected chi connectivity index (χ2v) is 7.48. The standard InChI is InChI=1S/C14H14BrN3O4S/c1-18(23(20,21)13-6-4-11(15)5-7-13)10-14(19)17-16-9-12-3-2-8-22-12/h2-9H,10H2,1H3,(H,17,19). The Balaban J connectivity index is 1.96. The highest BCUT2D eigenvalue weighted by atomic mass is 79.9. The van der Waals surface area contributed by atoms with Crippen LogP contribution in [0.2, 0.25) is 0 Å². The van der Waals surface area contributed by atoms with Gasteiger partial charge in [-0.05, 0) is 36.4 Å². The normalized spacial score (nSPS) is 12.0. The third-order valence-electron chi connectivity index (χ3n) is 2.81. The van der Waals surface area contributed by atoms with Crippen molar-refractivity contribution in [3.8, 4) is 0 Å². The van der Waals surface area contributed by atoms with Crippen molar-refractivity contribution >= 4 is 38.1 Å². The number of hydrogen-bond donors (Lipinski definition) is 1. The van der Waals surface area contributed by atoms with Crippen LogP contribution in [0.15, 0.2) is 61.5 Å². The zero-order chi connectivity index (χ0) is 16.9. The van der Waals surface area contributed by atoms with Gasteiger partial charge in [0.15, 0.2) is 0 Å². The quantitative estimate of drug-likeness (QED) is 0.592. The van der Waals surface area contributed by atoms with Crippen molar-refractivity contribution in [3.63, 3.8) is 0 Å². The number of amides is 1. The van der Waals surface area contributed by atoms with Gasteiger partial charge in [-0.3, -0.25) is 4.79 Å². The molecule has 23 heavy (non-hydrogen) atoms. The number of halogens is 1. The van der Waals surface area contributed by atoms with Crippen LogP contribution in [0, 0.1) is 0 Å². The Morgan fingerprint density at radius 2 is 2.04 bits per heavy atom. The highest BCUT2D eigenvalue weighted by Gasteiger charge is 2.22. The monoisotopic (exact) mass is 399 g/mol. The van der Waals surface area contributed by atoms with E-state index in [1.165, 1.54) is 31.7 Å². The summed E-state index contributed by atoms with van der Waals surface area (Å²) in [5, 5.41) is 3.69. The molecule has 0 bridgehead atoms. The smallest absolute Gasteiger partial charge is 0.255 e. The van der Waals surface area contributed by atoms with Gasteiger partial charge >= 0.3 is 0 Å². The van der Waals surface area contributed by atoms with E-state index in [1.54, 1.807) is 24.3 Å². The van der Waals surface area contributed by atoms with Gasteiger partial charge in [0.1, 0.15) is 5.76 Å². The van der Waals surface area contributed by atoms with Gasteiger partial charge in [0, 0.05) is 11.5 Å². The molecule has 0 unspecified atom stereocenters. The number of carbonyl (C=O) groups excluding carboxylic acids is 1. The zero-order valence-electron chi connectivity index (χ0n) is 12.1. The molecule has 1 heterocycles. The SMILES string of the molecule is CN(CC(=O)NN=Cc1ccco1)S(=O)(=O)c1ccc(Br)cc1. The van der Waals surface area contributed by atoms with Gasteiger partial charge in [-0.25, -0.2) is 13.8 Å². The Morgan fingerprint density at radius 1 is 1.35 bits per heavy atom. The molecule has 2 aromatic rings. The molecule has 0 aliphatic carbocycles. The Hall–Kier alpha value is -1.97. The molecule has 1 amide bonds. The minimum absolute atomic E-state index is 0.107. The number of likely N-dealkylation sites (N-methyl/N-ethyl adjacent to an activating group) is 1. The molecule has 0 saturated carbocycles. The summed E-state index contributed by atoms with van der Waals surface area (Å²) in [4.78, 5) is 11.9. The predicted molar refractivity (Wildman–Crippen MR) is 88.4 cm³/mol. The van der Waals surface area contributed by atoms with Crippen LogP contribution in [0.25, 0.3) is 0 Å². The number of furan rings is 1. The van der Waals surface area contributed by atoms with E-state index in [0.29, 0.717) is 5.76 Å². The molecule has 1 aromatic carbocycles. The van der Waals surface area contributed by atoms with Crippen molar-refractivity contribution in [1.29, 1.82) is 0 Å². The van der Waals surface area contributed by atoms with Crippen LogP contribution in [0.5, 0.6) is 0 Å². The largest absolute Gasteiger partial charge is 0.463 e. The van der Waals surface area contributed by atoms with Crippen molar-refractivity contribution in [2.24, 2.45) is 5.10 Å². The van der Waals surface area contributed by atoms with Crippen molar-refractivity contribution in [3.05, 3.63) is 52.9 Å². The molecule has 0 radical (unpaired) electrons. The van der Waals surface area contributed by atoms with E-state index in [9.17, 15) is 13.2 Å². The van der Waals surface area contributed by atoms with Crippen LogP contribution in [0.1, 0.15) is 5.76 Å². The van der Waals surface area contributed by atoms with Crippen molar-refractivity contribution in [2.45, 2.75) is 4.90 Å². The van der Waals surface area contributed by atoms with E-state index in [4.69, 9.17) is 4.42 Å². The molecule has 0 aliphatic heterocycles. The van der Waals surface area contributed by atoms with E-state index in [0.717, 1.165) is 8.78 Å². The maximum absolute atomic E-state index is 12.3. The molecule has 1 N–H and O–H groups in total. The summed E-state index contributed by atoms with van der Waals surface area (Å²) in [7, 11) is -2.41. The average molecular weight is 400 g/mol. The first-order valence-corrected chi connectivity index (χ1v) is 8.70. The van der Waals surface area contributed by atoms with Crippen molar-refractivity contribution in [1.82, 2.24) is 9.73 Å². The van der Waals surface area contributed by atoms with Crippen LogP contribution < -0.4 is 5.43 Å². The predicted octanol–water partition coefficient (Wildman–Crippen LogP) is 1.81. The van der Waals surface area contributed by atoms with Crippen LogP contribution in [0.4, 0.5) is 0 Å². The zero-order valence-corrected chi connectivity index (χ0v) is 14.5. The number of rotatable bonds is 6. The summed E-state index contributed by atoms with van der Waals surface area (Å²) < 4.78 is 31.4. The number of carbonyl (C=O) groups is 1. The first kappa shape index (κ1) is 17.4.